The molecule has 2 aromatic rings. The van der Waals surface area contributed by atoms with E-state index in [4.69, 9.17) is 0 Å². The summed E-state index contributed by atoms with van der Waals surface area (Å²) < 4.78 is 0. The van der Waals surface area contributed by atoms with Crippen molar-refractivity contribution in [2.24, 2.45) is 0 Å². The molecular weight excluding hydrogens is 374 g/mol. The number of amides is 2. The molecule has 1 fully saturated rings. The number of hydrogen-bond donors (Lipinski definition) is 2. The average Bonchev–Trinajstić information content (AvgIpc) is 3.26. The molecule has 2 aromatic carbocycles. The second-order valence-corrected chi connectivity index (χ2v) is 8.16. The number of anilines is 2. The van der Waals surface area contributed by atoms with Crippen molar-refractivity contribution in [3.05, 3.63) is 59.7 Å². The smallest absolute Gasteiger partial charge is 0.246 e. The minimum Gasteiger partial charge on any atom is -0.371 e. The van der Waals surface area contributed by atoms with Gasteiger partial charge in [0.05, 0.1) is 6.42 Å². The minimum absolute atomic E-state index is 0.123. The van der Waals surface area contributed by atoms with Crippen LogP contribution in [0.25, 0.3) is 0 Å². The highest BCUT2D eigenvalue weighted by molar-refractivity contribution is 5.97. The topological polar surface area (TPSA) is 61.4 Å². The van der Waals surface area contributed by atoms with Gasteiger partial charge in [0.1, 0.15) is 6.04 Å². The summed E-state index contributed by atoms with van der Waals surface area (Å²) >= 11 is 0. The first-order chi connectivity index (χ1) is 14.5. The monoisotopic (exact) mass is 407 g/mol. The van der Waals surface area contributed by atoms with E-state index in [0.29, 0.717) is 6.42 Å². The van der Waals surface area contributed by atoms with Crippen molar-refractivity contribution in [3.8, 4) is 0 Å². The largest absolute Gasteiger partial charge is 0.371 e. The number of carbonyl (C=O) groups excluding carboxylic acids is 2. The summed E-state index contributed by atoms with van der Waals surface area (Å²) in [6.45, 7) is 6.22. The third-order valence-corrected chi connectivity index (χ3v) is 5.53. The summed E-state index contributed by atoms with van der Waals surface area (Å²) in [6, 6.07) is 15.4. The van der Waals surface area contributed by atoms with Gasteiger partial charge in [-0.2, -0.15) is 0 Å². The van der Waals surface area contributed by atoms with Crippen LogP contribution in [0.2, 0.25) is 0 Å². The maximum Gasteiger partial charge on any atom is 0.246 e. The van der Waals surface area contributed by atoms with Gasteiger partial charge in [-0.05, 0) is 49.9 Å². The molecule has 1 saturated heterocycles. The van der Waals surface area contributed by atoms with Gasteiger partial charge >= 0.3 is 0 Å². The number of carbonyl (C=O) groups is 2. The van der Waals surface area contributed by atoms with Gasteiger partial charge in [0.25, 0.3) is 0 Å². The quantitative estimate of drug-likeness (QED) is 0.645. The summed E-state index contributed by atoms with van der Waals surface area (Å²) in [4.78, 5) is 27.9. The van der Waals surface area contributed by atoms with Crippen LogP contribution in [-0.4, -0.2) is 30.9 Å². The summed E-state index contributed by atoms with van der Waals surface area (Å²) in [6.07, 6.45) is 5.19. The summed E-state index contributed by atoms with van der Waals surface area (Å²) in [5, 5.41) is 5.96. The van der Waals surface area contributed by atoms with E-state index in [-0.39, 0.29) is 18.2 Å². The van der Waals surface area contributed by atoms with Crippen LogP contribution in [-0.2, 0) is 16.0 Å². The number of nitrogens with one attached hydrogen (secondary N) is 2. The molecule has 1 atom stereocenters. The first-order valence-electron chi connectivity index (χ1n) is 11.1. The molecule has 1 aliphatic heterocycles. The molecule has 2 N–H and O–H groups in total. The highest BCUT2D eigenvalue weighted by atomic mass is 16.2. The molecule has 5 heteroatoms. The van der Waals surface area contributed by atoms with E-state index in [0.717, 1.165) is 48.4 Å². The second-order valence-electron chi connectivity index (χ2n) is 8.16. The summed E-state index contributed by atoms with van der Waals surface area (Å²) in [5.41, 5.74) is 4.00. The third-order valence-electron chi connectivity index (χ3n) is 5.53. The van der Waals surface area contributed by atoms with Gasteiger partial charge in [0.2, 0.25) is 11.8 Å². The number of unbranched alkanes of at least 4 members (excludes halogenated alkanes) is 1. The Hall–Kier alpha value is -2.82. The molecule has 0 aromatic heterocycles. The lowest BCUT2D eigenvalue weighted by molar-refractivity contribution is -0.126. The van der Waals surface area contributed by atoms with E-state index in [1.165, 1.54) is 12.8 Å². The third kappa shape index (κ3) is 6.34. The maximum absolute atomic E-state index is 13.0. The van der Waals surface area contributed by atoms with Crippen molar-refractivity contribution in [3.63, 3.8) is 0 Å². The number of rotatable bonds is 9. The lowest BCUT2D eigenvalue weighted by Crippen LogP contribution is -2.44. The van der Waals surface area contributed by atoms with Crippen LogP contribution in [0.5, 0.6) is 0 Å². The zero-order chi connectivity index (χ0) is 21.3. The summed E-state index contributed by atoms with van der Waals surface area (Å²) in [7, 11) is 0. The van der Waals surface area contributed by atoms with Crippen molar-refractivity contribution in [2.45, 2.75) is 58.4 Å². The van der Waals surface area contributed by atoms with Crippen molar-refractivity contribution < 1.29 is 9.59 Å². The molecule has 1 aliphatic rings. The van der Waals surface area contributed by atoms with E-state index in [1.807, 2.05) is 49.4 Å². The Labute approximate surface area is 179 Å². The standard InChI is InChI=1S/C25H33N3O2/c1-3-4-13-23(27-24(29)17-20-10-7-9-19(2)16-20)25(30)26-21-11-8-12-22(18-21)28-14-5-6-15-28/h7-12,16,18,23H,3-6,13-15,17H2,1-2H3,(H,26,30)(H,27,29). The minimum atomic E-state index is -0.530. The highest BCUT2D eigenvalue weighted by Gasteiger charge is 2.21. The molecule has 0 bridgehead atoms. The Balaban J connectivity index is 1.63. The van der Waals surface area contributed by atoms with Crippen molar-refractivity contribution >= 4 is 23.2 Å². The zero-order valence-electron chi connectivity index (χ0n) is 18.1. The number of benzene rings is 2. The van der Waals surface area contributed by atoms with Gasteiger partial charge in [0, 0.05) is 24.5 Å². The van der Waals surface area contributed by atoms with Crippen LogP contribution in [0.4, 0.5) is 11.4 Å². The SMILES string of the molecule is CCCCC(NC(=O)Cc1cccc(C)c1)C(=O)Nc1cccc(N2CCCC2)c1. The average molecular weight is 408 g/mol. The molecule has 2 amide bonds. The molecule has 160 valence electrons. The van der Waals surface area contributed by atoms with Crippen LogP contribution in [0.3, 0.4) is 0 Å². The molecule has 5 nitrogen and oxygen atoms in total. The Bertz CT molecular complexity index is 859. The molecule has 1 heterocycles. The van der Waals surface area contributed by atoms with Gasteiger partial charge < -0.3 is 15.5 Å². The Kier molecular flexibility index (Phi) is 7.89. The maximum atomic E-state index is 13.0. The van der Waals surface area contributed by atoms with E-state index >= 15 is 0 Å². The van der Waals surface area contributed by atoms with Gasteiger partial charge in [-0.1, -0.05) is 55.7 Å². The Morgan fingerprint density at radius 2 is 1.83 bits per heavy atom. The van der Waals surface area contributed by atoms with Gasteiger partial charge in [0.15, 0.2) is 0 Å². The van der Waals surface area contributed by atoms with Gasteiger partial charge in [-0.15, -0.1) is 0 Å². The predicted molar refractivity (Wildman–Crippen MR) is 123 cm³/mol. The second kappa shape index (κ2) is 10.8. The van der Waals surface area contributed by atoms with Gasteiger partial charge in [-0.25, -0.2) is 0 Å². The van der Waals surface area contributed by atoms with Crippen LogP contribution in [0, 0.1) is 6.92 Å². The van der Waals surface area contributed by atoms with Crippen LogP contribution in [0.15, 0.2) is 48.5 Å². The van der Waals surface area contributed by atoms with E-state index in [1.54, 1.807) is 0 Å². The number of nitrogens with zero attached hydrogens (tertiary/aromatic N) is 1. The predicted octanol–water partition coefficient (Wildman–Crippen LogP) is 4.45. The first kappa shape index (κ1) is 21.9. The number of hydrogen-bond acceptors (Lipinski definition) is 3. The first-order valence-corrected chi connectivity index (χ1v) is 11.1. The normalized spacial score (nSPS) is 14.4. The van der Waals surface area contributed by atoms with E-state index in [2.05, 4.69) is 28.5 Å². The molecule has 30 heavy (non-hydrogen) atoms. The summed E-state index contributed by atoms with van der Waals surface area (Å²) in [5.74, 6) is -0.276. The number of aryl methyl sites for hydroxylation is 1. The Morgan fingerprint density at radius 3 is 2.57 bits per heavy atom. The van der Waals surface area contributed by atoms with E-state index in [9.17, 15) is 9.59 Å². The molecule has 0 saturated carbocycles. The lowest BCUT2D eigenvalue weighted by atomic mass is 10.1. The molecular formula is C25H33N3O2. The van der Waals surface area contributed by atoms with Crippen LogP contribution < -0.4 is 15.5 Å². The van der Waals surface area contributed by atoms with E-state index < -0.39 is 6.04 Å². The highest BCUT2D eigenvalue weighted by Crippen LogP contribution is 2.23. The van der Waals surface area contributed by atoms with Crippen LogP contribution >= 0.6 is 0 Å². The molecule has 0 aliphatic carbocycles. The molecule has 0 spiro atoms. The Morgan fingerprint density at radius 1 is 1.07 bits per heavy atom. The van der Waals surface area contributed by atoms with Crippen molar-refractivity contribution in [1.29, 1.82) is 0 Å². The fourth-order valence-electron chi connectivity index (χ4n) is 3.91. The van der Waals surface area contributed by atoms with Gasteiger partial charge in [-0.3, -0.25) is 9.59 Å². The zero-order valence-corrected chi connectivity index (χ0v) is 18.1. The van der Waals surface area contributed by atoms with Crippen molar-refractivity contribution in [2.75, 3.05) is 23.3 Å². The van der Waals surface area contributed by atoms with Crippen molar-refractivity contribution in [1.82, 2.24) is 5.32 Å². The molecule has 3 rings (SSSR count). The molecule has 0 radical (unpaired) electrons. The van der Waals surface area contributed by atoms with Crippen LogP contribution in [0.1, 0.15) is 50.2 Å². The molecule has 1 unspecified atom stereocenters. The fourth-order valence-corrected chi connectivity index (χ4v) is 3.91. The lowest BCUT2D eigenvalue weighted by Gasteiger charge is -2.21. The fraction of sp³-hybridized carbons (Fsp3) is 0.440.